The lowest BCUT2D eigenvalue weighted by atomic mass is 10.2. The van der Waals surface area contributed by atoms with E-state index >= 15 is 0 Å². The summed E-state index contributed by atoms with van der Waals surface area (Å²) >= 11 is 0. The highest BCUT2D eigenvalue weighted by molar-refractivity contribution is 5.89. The van der Waals surface area contributed by atoms with E-state index in [1.165, 1.54) is 5.56 Å². The van der Waals surface area contributed by atoms with Crippen LogP contribution in [0.15, 0.2) is 43.0 Å². The molecule has 1 saturated heterocycles. The van der Waals surface area contributed by atoms with Gasteiger partial charge in [0.15, 0.2) is 0 Å². The van der Waals surface area contributed by atoms with Crippen molar-refractivity contribution >= 4 is 22.7 Å². The monoisotopic (exact) mass is 320 g/mol. The average molecular weight is 320 g/mol. The molecule has 0 unspecified atom stereocenters. The fourth-order valence-electron chi connectivity index (χ4n) is 3.05. The highest BCUT2D eigenvalue weighted by atomic mass is 15.3. The standard InChI is InChI=1S/C18H20N6/c1-2-14-11-19-18(20-12-14)24-9-7-23(8-10-24)17-15-5-3-4-6-16(15)21-13-22-17/h3-6,11-13H,2,7-10H2,1H3. The van der Waals surface area contributed by atoms with Crippen molar-refractivity contribution in [1.29, 1.82) is 0 Å². The highest BCUT2D eigenvalue weighted by Gasteiger charge is 2.21. The van der Waals surface area contributed by atoms with Crippen LogP contribution in [0.25, 0.3) is 10.9 Å². The van der Waals surface area contributed by atoms with Crippen LogP contribution >= 0.6 is 0 Å². The zero-order valence-electron chi connectivity index (χ0n) is 13.8. The molecule has 0 spiro atoms. The Balaban J connectivity index is 1.51. The van der Waals surface area contributed by atoms with Gasteiger partial charge in [-0.25, -0.2) is 19.9 Å². The molecule has 0 aliphatic carbocycles. The van der Waals surface area contributed by atoms with E-state index < -0.39 is 0 Å². The van der Waals surface area contributed by atoms with E-state index in [1.807, 2.05) is 30.6 Å². The minimum atomic E-state index is 0.819. The maximum Gasteiger partial charge on any atom is 0.225 e. The van der Waals surface area contributed by atoms with E-state index in [1.54, 1.807) is 6.33 Å². The second-order valence-corrected chi connectivity index (χ2v) is 5.93. The molecule has 0 N–H and O–H groups in total. The Morgan fingerprint density at radius 1 is 0.875 bits per heavy atom. The van der Waals surface area contributed by atoms with Gasteiger partial charge in [0.25, 0.3) is 0 Å². The summed E-state index contributed by atoms with van der Waals surface area (Å²) in [5.41, 5.74) is 2.16. The number of anilines is 2. The first kappa shape index (κ1) is 14.8. The second kappa shape index (κ2) is 6.39. The Hall–Kier alpha value is -2.76. The quantitative estimate of drug-likeness (QED) is 0.738. The lowest BCUT2D eigenvalue weighted by Crippen LogP contribution is -2.47. The van der Waals surface area contributed by atoms with Gasteiger partial charge in [-0.15, -0.1) is 0 Å². The van der Waals surface area contributed by atoms with Gasteiger partial charge in [0.1, 0.15) is 12.1 Å². The van der Waals surface area contributed by atoms with Crippen LogP contribution in [-0.2, 0) is 6.42 Å². The smallest absolute Gasteiger partial charge is 0.225 e. The van der Waals surface area contributed by atoms with E-state index in [0.717, 1.165) is 55.3 Å². The van der Waals surface area contributed by atoms with Crippen molar-refractivity contribution in [3.8, 4) is 0 Å². The molecule has 0 amide bonds. The first-order chi connectivity index (χ1) is 11.8. The van der Waals surface area contributed by atoms with Crippen molar-refractivity contribution < 1.29 is 0 Å². The zero-order chi connectivity index (χ0) is 16.4. The van der Waals surface area contributed by atoms with Gasteiger partial charge in [-0.05, 0) is 24.1 Å². The van der Waals surface area contributed by atoms with Crippen LogP contribution in [-0.4, -0.2) is 46.1 Å². The third-order valence-electron chi connectivity index (χ3n) is 4.48. The third kappa shape index (κ3) is 2.75. The van der Waals surface area contributed by atoms with Crippen LogP contribution in [0.1, 0.15) is 12.5 Å². The summed E-state index contributed by atoms with van der Waals surface area (Å²) < 4.78 is 0. The fourth-order valence-corrected chi connectivity index (χ4v) is 3.05. The van der Waals surface area contributed by atoms with Gasteiger partial charge in [0.2, 0.25) is 5.95 Å². The molecule has 6 heteroatoms. The number of hydrogen-bond donors (Lipinski definition) is 0. The van der Waals surface area contributed by atoms with Gasteiger partial charge in [0, 0.05) is 44.0 Å². The Labute approximate surface area is 141 Å². The van der Waals surface area contributed by atoms with E-state index in [9.17, 15) is 0 Å². The fraction of sp³-hybridized carbons (Fsp3) is 0.333. The second-order valence-electron chi connectivity index (χ2n) is 5.93. The van der Waals surface area contributed by atoms with Gasteiger partial charge in [-0.1, -0.05) is 19.1 Å². The Bertz CT molecular complexity index is 819. The lowest BCUT2D eigenvalue weighted by Gasteiger charge is -2.35. The van der Waals surface area contributed by atoms with Gasteiger partial charge in [0.05, 0.1) is 5.52 Å². The molecular weight excluding hydrogens is 300 g/mol. The molecule has 1 aliphatic heterocycles. The maximum atomic E-state index is 4.52. The van der Waals surface area contributed by atoms with Crippen molar-refractivity contribution in [3.63, 3.8) is 0 Å². The molecule has 1 aromatic carbocycles. The number of benzene rings is 1. The van der Waals surface area contributed by atoms with Crippen molar-refractivity contribution in [1.82, 2.24) is 19.9 Å². The molecule has 6 nitrogen and oxygen atoms in total. The van der Waals surface area contributed by atoms with Crippen LogP contribution in [0.2, 0.25) is 0 Å². The molecular formula is C18H20N6. The summed E-state index contributed by atoms with van der Waals surface area (Å²) in [5.74, 6) is 1.84. The molecule has 3 aromatic rings. The van der Waals surface area contributed by atoms with Crippen molar-refractivity contribution in [2.24, 2.45) is 0 Å². The number of rotatable bonds is 3. The molecule has 122 valence electrons. The van der Waals surface area contributed by atoms with E-state index in [4.69, 9.17) is 0 Å². The molecule has 1 aliphatic rings. The van der Waals surface area contributed by atoms with Crippen LogP contribution in [0.5, 0.6) is 0 Å². The summed E-state index contributed by atoms with van der Waals surface area (Å²) in [6, 6.07) is 8.16. The lowest BCUT2D eigenvalue weighted by molar-refractivity contribution is 0.635. The summed E-state index contributed by atoms with van der Waals surface area (Å²) in [6.07, 6.45) is 6.46. The summed E-state index contributed by atoms with van der Waals surface area (Å²) in [5, 5.41) is 1.11. The van der Waals surface area contributed by atoms with Crippen molar-refractivity contribution in [2.75, 3.05) is 36.0 Å². The van der Waals surface area contributed by atoms with Gasteiger partial charge < -0.3 is 9.80 Å². The molecule has 1 fully saturated rings. The van der Waals surface area contributed by atoms with Gasteiger partial charge in [-0.3, -0.25) is 0 Å². The molecule has 4 rings (SSSR count). The molecule has 24 heavy (non-hydrogen) atoms. The van der Waals surface area contributed by atoms with Gasteiger partial charge >= 0.3 is 0 Å². The Morgan fingerprint density at radius 3 is 2.33 bits per heavy atom. The minimum absolute atomic E-state index is 0.819. The molecule has 2 aromatic heterocycles. The minimum Gasteiger partial charge on any atom is -0.352 e. The van der Waals surface area contributed by atoms with E-state index in [-0.39, 0.29) is 0 Å². The molecule has 0 saturated carbocycles. The largest absolute Gasteiger partial charge is 0.352 e. The van der Waals surface area contributed by atoms with Crippen LogP contribution in [0.3, 0.4) is 0 Å². The maximum absolute atomic E-state index is 4.52. The predicted molar refractivity (Wildman–Crippen MR) is 95.4 cm³/mol. The number of aromatic nitrogens is 4. The number of para-hydroxylation sites is 1. The summed E-state index contributed by atoms with van der Waals surface area (Å²) in [4.78, 5) is 22.4. The predicted octanol–water partition coefficient (Wildman–Crippen LogP) is 2.31. The number of fused-ring (bicyclic) bond motifs is 1. The molecule has 3 heterocycles. The topological polar surface area (TPSA) is 58.0 Å². The summed E-state index contributed by atoms with van der Waals surface area (Å²) in [7, 11) is 0. The van der Waals surface area contributed by atoms with Crippen LogP contribution in [0.4, 0.5) is 11.8 Å². The van der Waals surface area contributed by atoms with Crippen molar-refractivity contribution in [2.45, 2.75) is 13.3 Å². The first-order valence-electron chi connectivity index (χ1n) is 8.35. The number of piperazine rings is 1. The number of hydrogen-bond acceptors (Lipinski definition) is 6. The van der Waals surface area contributed by atoms with E-state index in [0.29, 0.717) is 0 Å². The molecule has 0 atom stereocenters. The zero-order valence-corrected chi connectivity index (χ0v) is 13.8. The molecule has 0 radical (unpaired) electrons. The average Bonchev–Trinajstić information content (AvgIpc) is 2.68. The van der Waals surface area contributed by atoms with Crippen LogP contribution < -0.4 is 9.80 Å². The Morgan fingerprint density at radius 2 is 1.58 bits per heavy atom. The molecule has 0 bridgehead atoms. The highest BCUT2D eigenvalue weighted by Crippen LogP contribution is 2.24. The van der Waals surface area contributed by atoms with E-state index in [2.05, 4.69) is 42.7 Å². The van der Waals surface area contributed by atoms with Crippen molar-refractivity contribution in [3.05, 3.63) is 48.5 Å². The SMILES string of the molecule is CCc1cnc(N2CCN(c3ncnc4ccccc34)CC2)nc1. The van der Waals surface area contributed by atoms with Gasteiger partial charge in [-0.2, -0.15) is 0 Å². The van der Waals surface area contributed by atoms with Crippen LogP contribution in [0, 0.1) is 0 Å². The number of nitrogens with zero attached hydrogens (tertiary/aromatic N) is 6. The normalized spacial score (nSPS) is 15.0. The number of aryl methyl sites for hydroxylation is 1. The third-order valence-corrected chi connectivity index (χ3v) is 4.48. The first-order valence-corrected chi connectivity index (χ1v) is 8.35. The Kier molecular flexibility index (Phi) is 3.94. The summed E-state index contributed by atoms with van der Waals surface area (Å²) in [6.45, 7) is 5.70.